The minimum atomic E-state index is -1.63. The number of unbranched alkanes of at least 4 members (excludes halogenated alkanes) is 1. The van der Waals surface area contributed by atoms with Gasteiger partial charge in [0.05, 0.1) is 102 Å². The Kier molecular flexibility index (Phi) is 38.0. The summed E-state index contributed by atoms with van der Waals surface area (Å²) in [5.74, 6) is 3.89. The van der Waals surface area contributed by atoms with Crippen LogP contribution in [-0.2, 0) is 123 Å². The van der Waals surface area contributed by atoms with E-state index in [4.69, 9.17) is 94.3 Å². The van der Waals surface area contributed by atoms with Crippen LogP contribution < -0.4 is 22.6 Å². The largest absolute Gasteiger partial charge is 0.426 e. The lowest BCUT2D eigenvalue weighted by atomic mass is 9.77. The predicted octanol–water partition coefficient (Wildman–Crippen LogP) is 33.3. The monoisotopic (exact) mass is 2020 g/mol. The van der Waals surface area contributed by atoms with Crippen molar-refractivity contribution in [3.8, 4) is 23.0 Å². The van der Waals surface area contributed by atoms with Crippen molar-refractivity contribution in [2.24, 2.45) is 22.2 Å². The van der Waals surface area contributed by atoms with Crippen LogP contribution in [0.4, 0.5) is 0 Å². The maximum Gasteiger partial charge on any atom is 0.397 e. The van der Waals surface area contributed by atoms with Crippen molar-refractivity contribution in [1.29, 1.82) is 0 Å². The first kappa shape index (κ1) is 114. The third kappa shape index (κ3) is 30.5. The van der Waals surface area contributed by atoms with Crippen LogP contribution in [0.15, 0.2) is 93.3 Å². The quantitative estimate of drug-likeness (QED) is 0.0778. The Morgan fingerprint density at radius 2 is 0.559 bits per heavy atom. The molecule has 6 aromatic carbocycles. The lowest BCUT2D eigenvalue weighted by Gasteiger charge is -2.42. The van der Waals surface area contributed by atoms with E-state index >= 15 is 0 Å². The second-order valence-electron chi connectivity index (χ2n) is 49.6. The number of aryl methyl sites for hydroxylation is 3. The first-order valence-corrected chi connectivity index (χ1v) is 56.3. The van der Waals surface area contributed by atoms with Crippen LogP contribution in [0.25, 0.3) is 21.9 Å². The zero-order valence-corrected chi connectivity index (χ0v) is 96.6. The highest BCUT2D eigenvalue weighted by Gasteiger charge is 2.50. The number of hydrogen-bond acceptors (Lipinski definition) is 21. The maximum absolute atomic E-state index is 6.88. The van der Waals surface area contributed by atoms with Gasteiger partial charge in [0.15, 0.2) is 0 Å². The van der Waals surface area contributed by atoms with E-state index in [0.717, 1.165) is 62.5 Å². The summed E-state index contributed by atoms with van der Waals surface area (Å²) in [5.41, 5.74) is 17.1. The third-order valence-electron chi connectivity index (χ3n) is 25.1. The molecule has 13 rings (SSSR count). The van der Waals surface area contributed by atoms with Gasteiger partial charge >= 0.3 is 59.9 Å². The fourth-order valence-electron chi connectivity index (χ4n) is 16.0. The minimum Gasteiger partial charge on any atom is -0.426 e. The van der Waals surface area contributed by atoms with E-state index in [2.05, 4.69) is 342 Å². The van der Waals surface area contributed by atoms with Crippen LogP contribution in [0.3, 0.4) is 0 Å². The van der Waals surface area contributed by atoms with Crippen molar-refractivity contribution in [2.75, 3.05) is 100 Å². The van der Waals surface area contributed by atoms with Crippen LogP contribution in [0.1, 0.15) is 346 Å². The van der Waals surface area contributed by atoms with E-state index in [9.17, 15) is 0 Å². The molecule has 7 aromatic rings. The van der Waals surface area contributed by atoms with Gasteiger partial charge in [-0.25, -0.2) is 0 Å². The second-order valence-corrected chi connectivity index (χ2v) is 57.9. The van der Waals surface area contributed by atoms with E-state index in [1.807, 2.05) is 6.07 Å². The van der Waals surface area contributed by atoms with E-state index in [1.54, 1.807) is 14.2 Å². The summed E-state index contributed by atoms with van der Waals surface area (Å²) in [7, 11) is -6.95. The van der Waals surface area contributed by atoms with Crippen LogP contribution in [0.2, 0.25) is 0 Å². The van der Waals surface area contributed by atoms with Crippen molar-refractivity contribution < 1.29 is 94.3 Å². The Labute approximate surface area is 827 Å². The molecule has 0 radical (unpaired) electrons. The molecular formula is C108H169O21P7. The number of hydrogen-bond donors (Lipinski definition) is 0. The molecule has 762 valence electrons. The Hall–Kier alpha value is -3.60. The molecule has 21 nitrogen and oxygen atoms in total. The zero-order valence-electron chi connectivity index (χ0n) is 90.4. The Morgan fingerprint density at radius 3 is 0.831 bits per heavy atom. The first-order valence-electron chi connectivity index (χ1n) is 48.6. The van der Waals surface area contributed by atoms with E-state index in [1.165, 1.54) is 86.0 Å². The molecule has 3 spiro atoms. The highest BCUT2D eigenvalue weighted by Crippen LogP contribution is 2.60. The molecule has 0 aliphatic carbocycles. The maximum atomic E-state index is 6.88. The standard InChI is InChI=1S/C36H57O3P.C35H54O6P2.C30H44O6P2.C7H14O6P2/c1-15-17-18-24(16-2)23-37-40-38-31-27(19-25(33(3,4)5)21-29(31)35(9,10)11)28-20-26(34(6,7)8)22-30(32(28)39-40)36(12,13)14;1-23-15-25(31(3,4)5)29(26(16-23)32(6,7)8)40-42-36-19-35(20-37-42)21-38-43(39-22-35)41-30-27(33(9,10)11)17-24(2)18-28(30)34(12,13)14;1-21-11-13-25(23(15-21)28(5,6)7)35-37-31-17-30(18-32-37)19-33-38(34-20-30)36-26-14-12-22(27(2,3)4)16-24(26)29(8,9)10;1-8-14-10-3-7(4-11-14)5-12-15(9-2)13-6-7/h19-22,24H,15-18,23H2,1-14H3;15-18H,19-22H2,1-14H3;11-16H,17-20H2,1-10H3;3-6H2,1-2H3. The molecule has 6 aliphatic rings. The molecule has 0 amide bonds. The van der Waals surface area contributed by atoms with Crippen molar-refractivity contribution in [2.45, 2.75) is 348 Å². The normalized spacial score (nSPS) is 23.3. The fraction of sp³-hybridized carbons (Fsp3) is 0.667. The van der Waals surface area contributed by atoms with Crippen molar-refractivity contribution in [3.05, 3.63) is 163 Å². The van der Waals surface area contributed by atoms with Gasteiger partial charge in [-0.3, -0.25) is 4.52 Å². The van der Waals surface area contributed by atoms with Gasteiger partial charge in [0.25, 0.3) is 0 Å². The van der Waals surface area contributed by atoms with E-state index in [-0.39, 0.29) is 70.4 Å². The van der Waals surface area contributed by atoms with Crippen molar-refractivity contribution in [3.63, 3.8) is 0 Å². The lowest BCUT2D eigenvalue weighted by Crippen LogP contribution is -2.45. The summed E-state index contributed by atoms with van der Waals surface area (Å²) in [4.78, 5) is 0. The summed E-state index contributed by atoms with van der Waals surface area (Å²) in [5, 5.41) is 2.24. The summed E-state index contributed by atoms with van der Waals surface area (Å²) < 4.78 is 127. The molecule has 28 heteroatoms. The first-order chi connectivity index (χ1) is 62.7. The third-order valence-corrected chi connectivity index (χ3v) is 32.1. The molecule has 1 atom stereocenters. The number of benzene rings is 6. The van der Waals surface area contributed by atoms with Gasteiger partial charge < -0.3 is 89.8 Å². The zero-order chi connectivity index (χ0) is 101. The van der Waals surface area contributed by atoms with Gasteiger partial charge in [0.2, 0.25) is 0 Å². The second kappa shape index (κ2) is 45.2. The highest BCUT2D eigenvalue weighted by molar-refractivity contribution is 7.43. The molecule has 136 heavy (non-hydrogen) atoms. The van der Waals surface area contributed by atoms with E-state index < -0.39 is 65.3 Å². The van der Waals surface area contributed by atoms with Gasteiger partial charge in [-0.1, -0.05) is 339 Å². The highest BCUT2D eigenvalue weighted by atomic mass is 31.2. The molecule has 0 saturated carbocycles. The molecule has 6 saturated heterocycles. The molecule has 7 heterocycles. The van der Waals surface area contributed by atoms with Gasteiger partial charge in [-0.05, 0) is 134 Å². The van der Waals surface area contributed by atoms with Crippen LogP contribution in [-0.4, -0.2) is 100 Å². The van der Waals surface area contributed by atoms with Crippen LogP contribution >= 0.6 is 59.9 Å². The van der Waals surface area contributed by atoms with Crippen LogP contribution in [0, 0.1) is 42.9 Å². The smallest absolute Gasteiger partial charge is 0.397 e. The topological polar surface area (TPSA) is 202 Å². The number of rotatable bonds is 17. The Balaban J connectivity index is 0.000000195. The van der Waals surface area contributed by atoms with Crippen LogP contribution in [0.5, 0.6) is 23.0 Å². The summed E-state index contributed by atoms with van der Waals surface area (Å²) in [6.07, 6.45) is 4.70. The summed E-state index contributed by atoms with van der Waals surface area (Å²) in [6.45, 7) is 91.1. The average Bonchev–Trinajstić information content (AvgIpc) is 1.56. The molecule has 0 N–H and O–H groups in total. The fourth-order valence-corrected chi connectivity index (χ4v) is 24.4. The SMILES string of the molecule is CCCCC(CC)COp1oc2c(C(C)(C)C)cc(C(C)(C)C)cc2c2cc(C(C)(C)C)cc(C(C)(C)C)c2o1.COP1OCC2(CO1)COP(OC)OC2.Cc1cc(C(C)(C)C)c(OP2OCC3(CO2)COP(Oc2c(C(C)(C)C)cc(C)cc2C(C)(C)C)OC3)c(C(C)(C)C)c1.Cc1ccc(OP2OCC3(CO2)COP(Oc2ccc(C(C)(C)C)cc2C(C)(C)C)OC3)c(C(C)(C)C)c1. The average molecular weight is 2020 g/mol. The molecule has 1 unspecified atom stereocenters. The number of fused-ring (bicyclic) bond motifs is 3. The summed E-state index contributed by atoms with van der Waals surface area (Å²) >= 11 is 0. The van der Waals surface area contributed by atoms with E-state index in [0.29, 0.717) is 91.8 Å². The summed E-state index contributed by atoms with van der Waals surface area (Å²) in [6, 6.07) is 31.0. The lowest BCUT2D eigenvalue weighted by molar-refractivity contribution is -0.0729. The molecule has 0 bridgehead atoms. The Morgan fingerprint density at radius 1 is 0.294 bits per heavy atom. The van der Waals surface area contributed by atoms with Gasteiger partial charge in [-0.2, -0.15) is 0 Å². The van der Waals surface area contributed by atoms with Gasteiger partial charge in [0.1, 0.15) is 34.2 Å². The molecular weight excluding hydrogens is 1850 g/mol. The van der Waals surface area contributed by atoms with Crippen molar-refractivity contribution >= 4 is 81.8 Å². The Bertz CT molecular complexity index is 4840. The van der Waals surface area contributed by atoms with Crippen molar-refractivity contribution in [1.82, 2.24) is 0 Å². The molecule has 1 aromatic heterocycles. The van der Waals surface area contributed by atoms with Gasteiger partial charge in [0, 0.05) is 69.5 Å². The molecule has 6 aliphatic heterocycles. The minimum absolute atomic E-state index is 0.00823. The van der Waals surface area contributed by atoms with Gasteiger partial charge in [-0.15, -0.1) is 0 Å². The molecule has 6 fully saturated rings. The predicted molar refractivity (Wildman–Crippen MR) is 564 cm³/mol.